The quantitative estimate of drug-likeness (QED) is 0.321. The van der Waals surface area contributed by atoms with Gasteiger partial charge in [0.15, 0.2) is 0 Å². The van der Waals surface area contributed by atoms with E-state index in [9.17, 15) is 0 Å². The summed E-state index contributed by atoms with van der Waals surface area (Å²) in [6.45, 7) is 0. The van der Waals surface area contributed by atoms with Crippen LogP contribution in [0.15, 0.2) is 109 Å². The van der Waals surface area contributed by atoms with E-state index in [1.54, 1.807) is 0 Å². The molecule has 0 aliphatic rings. The van der Waals surface area contributed by atoms with Crippen molar-refractivity contribution in [1.82, 2.24) is 0 Å². The predicted molar refractivity (Wildman–Crippen MR) is 123 cm³/mol. The van der Waals surface area contributed by atoms with Gasteiger partial charge in [0, 0.05) is 0 Å². The molecule has 0 heteroatoms. The second kappa shape index (κ2) is 8.83. The van der Waals surface area contributed by atoms with Crippen molar-refractivity contribution in [3.05, 3.63) is 131 Å². The first-order valence-corrected chi connectivity index (χ1v) is 9.54. The summed E-state index contributed by atoms with van der Waals surface area (Å²) in [6.07, 6.45) is 8.62. The second-order valence-corrected chi connectivity index (χ2v) is 6.74. The zero-order chi connectivity index (χ0) is 19.0. The predicted octanol–water partition coefficient (Wildman–Crippen LogP) is 7.69. The Morgan fingerprint density at radius 1 is 0.321 bits per heavy atom. The first-order valence-electron chi connectivity index (χ1n) is 9.54. The summed E-state index contributed by atoms with van der Waals surface area (Å²) in [7, 11) is 0. The molecule has 0 aromatic heterocycles. The normalized spacial score (nSPS) is 11.3. The van der Waals surface area contributed by atoms with Crippen molar-refractivity contribution in [1.29, 1.82) is 0 Å². The van der Waals surface area contributed by atoms with Gasteiger partial charge in [-0.05, 0) is 39.4 Å². The lowest BCUT2D eigenvalue weighted by Crippen LogP contribution is -1.79. The van der Waals surface area contributed by atoms with Gasteiger partial charge in [0.05, 0.1) is 0 Å². The van der Waals surface area contributed by atoms with Crippen LogP contribution in [0.25, 0.3) is 35.4 Å². The molecule has 0 atom stereocenters. The third-order valence-corrected chi connectivity index (χ3v) is 4.66. The van der Waals surface area contributed by atoms with Crippen molar-refractivity contribution in [3.63, 3.8) is 0 Å². The molecule has 0 unspecified atom stereocenters. The topological polar surface area (TPSA) is 0 Å². The average molecular weight is 358 g/mol. The van der Waals surface area contributed by atoms with Gasteiger partial charge in [0.1, 0.15) is 0 Å². The Kier molecular flexibility index (Phi) is 5.60. The summed E-state index contributed by atoms with van der Waals surface area (Å²) in [5.41, 5.74) is 7.29. The molecule has 0 saturated heterocycles. The van der Waals surface area contributed by atoms with Crippen molar-refractivity contribution in [2.75, 3.05) is 0 Å². The zero-order valence-corrected chi connectivity index (χ0v) is 15.7. The summed E-state index contributed by atoms with van der Waals surface area (Å²) >= 11 is 0. The number of benzene rings is 4. The number of hydrogen-bond acceptors (Lipinski definition) is 0. The fourth-order valence-electron chi connectivity index (χ4n) is 3.13. The zero-order valence-electron chi connectivity index (χ0n) is 15.7. The highest BCUT2D eigenvalue weighted by molar-refractivity contribution is 5.75. The average Bonchev–Trinajstić information content (AvgIpc) is 2.78. The Labute approximate surface area is 167 Å². The molecule has 134 valence electrons. The van der Waals surface area contributed by atoms with Crippen LogP contribution in [0.1, 0.15) is 22.3 Å². The molecule has 0 nitrogen and oxygen atoms in total. The van der Waals surface area contributed by atoms with Crippen LogP contribution in [0.2, 0.25) is 0 Å². The van der Waals surface area contributed by atoms with Crippen LogP contribution in [0.5, 0.6) is 0 Å². The molecule has 4 aromatic rings. The fraction of sp³-hybridized carbons (Fsp3) is 0. The van der Waals surface area contributed by atoms with Gasteiger partial charge in [0.2, 0.25) is 0 Å². The lowest BCUT2D eigenvalue weighted by Gasteiger charge is -2.02. The van der Waals surface area contributed by atoms with Gasteiger partial charge in [-0.15, -0.1) is 0 Å². The molecule has 0 spiro atoms. The molecule has 0 radical (unpaired) electrons. The maximum Gasteiger partial charge on any atom is -0.0184 e. The molecule has 0 saturated carbocycles. The van der Waals surface area contributed by atoms with E-state index in [2.05, 4.69) is 121 Å². The van der Waals surface area contributed by atoms with Gasteiger partial charge in [-0.25, -0.2) is 0 Å². The minimum absolute atomic E-state index is 1.20. The van der Waals surface area contributed by atoms with Gasteiger partial charge in [0.25, 0.3) is 0 Å². The van der Waals surface area contributed by atoms with Gasteiger partial charge in [-0.2, -0.15) is 0 Å². The van der Waals surface area contributed by atoms with E-state index < -0.39 is 0 Å². The summed E-state index contributed by atoms with van der Waals surface area (Å²) in [6, 6.07) is 38.1. The largest absolute Gasteiger partial charge is 0.0622 e. The van der Waals surface area contributed by atoms with Crippen LogP contribution >= 0.6 is 0 Å². The number of hydrogen-bond donors (Lipinski definition) is 0. The van der Waals surface area contributed by atoms with Gasteiger partial charge in [-0.1, -0.05) is 127 Å². The third-order valence-electron chi connectivity index (χ3n) is 4.66. The van der Waals surface area contributed by atoms with E-state index in [0.29, 0.717) is 0 Å². The van der Waals surface area contributed by atoms with E-state index in [4.69, 9.17) is 0 Å². The Morgan fingerprint density at radius 2 is 0.750 bits per heavy atom. The van der Waals surface area contributed by atoms with E-state index in [-0.39, 0.29) is 0 Å². The molecule has 0 heterocycles. The first-order chi connectivity index (χ1) is 13.9. The van der Waals surface area contributed by atoms with Crippen LogP contribution < -0.4 is 0 Å². The van der Waals surface area contributed by atoms with Crippen LogP contribution in [-0.2, 0) is 0 Å². The Hall–Kier alpha value is -3.64. The molecule has 4 rings (SSSR count). The molecule has 0 bridgehead atoms. The molecule has 0 fully saturated rings. The van der Waals surface area contributed by atoms with Gasteiger partial charge in [-0.3, -0.25) is 0 Å². The molecule has 28 heavy (non-hydrogen) atoms. The first kappa shape index (κ1) is 17.8. The smallest absolute Gasteiger partial charge is 0.0184 e. The molecule has 0 aliphatic carbocycles. The second-order valence-electron chi connectivity index (χ2n) is 6.74. The summed E-state index contributed by atoms with van der Waals surface area (Å²) in [5, 5.41) is 0. The van der Waals surface area contributed by atoms with Gasteiger partial charge >= 0.3 is 0 Å². The molecular formula is C28H22. The third kappa shape index (κ3) is 4.75. The van der Waals surface area contributed by atoms with Crippen molar-refractivity contribution in [3.8, 4) is 11.1 Å². The molecule has 0 amide bonds. The molecule has 0 N–H and O–H groups in total. The van der Waals surface area contributed by atoms with E-state index in [1.165, 1.54) is 33.4 Å². The van der Waals surface area contributed by atoms with E-state index in [1.807, 2.05) is 12.1 Å². The standard InChI is InChI=1S/C28H22/c1-3-8-23(9-4-1)14-16-25-10-7-11-26(22-25)17-15-24-18-20-28(21-19-24)27-12-5-2-6-13-27/h1-22H. The highest BCUT2D eigenvalue weighted by Crippen LogP contribution is 2.20. The maximum atomic E-state index is 2.20. The maximum absolute atomic E-state index is 2.20. The Balaban J connectivity index is 1.47. The van der Waals surface area contributed by atoms with E-state index >= 15 is 0 Å². The molecular weight excluding hydrogens is 336 g/mol. The van der Waals surface area contributed by atoms with Crippen molar-refractivity contribution < 1.29 is 0 Å². The summed E-state index contributed by atoms with van der Waals surface area (Å²) in [4.78, 5) is 0. The molecule has 0 aliphatic heterocycles. The Bertz CT molecular complexity index is 1070. The monoisotopic (exact) mass is 358 g/mol. The molecule has 4 aromatic carbocycles. The van der Waals surface area contributed by atoms with Gasteiger partial charge < -0.3 is 0 Å². The van der Waals surface area contributed by atoms with Crippen LogP contribution in [0.4, 0.5) is 0 Å². The minimum atomic E-state index is 1.20. The van der Waals surface area contributed by atoms with Crippen molar-refractivity contribution >= 4 is 24.3 Å². The summed E-state index contributed by atoms with van der Waals surface area (Å²) in [5.74, 6) is 0. The fourth-order valence-corrected chi connectivity index (χ4v) is 3.13. The summed E-state index contributed by atoms with van der Waals surface area (Å²) < 4.78 is 0. The lowest BCUT2D eigenvalue weighted by molar-refractivity contribution is 1.59. The highest BCUT2D eigenvalue weighted by atomic mass is 14.0. The van der Waals surface area contributed by atoms with Crippen LogP contribution in [0.3, 0.4) is 0 Å². The van der Waals surface area contributed by atoms with E-state index in [0.717, 1.165) is 0 Å². The highest BCUT2D eigenvalue weighted by Gasteiger charge is 1.96. The number of rotatable bonds is 5. The van der Waals surface area contributed by atoms with Crippen molar-refractivity contribution in [2.45, 2.75) is 0 Å². The SMILES string of the molecule is C(=Cc1cccc(C=Cc2ccc(-c3ccccc3)cc2)c1)c1ccccc1. The Morgan fingerprint density at radius 3 is 1.36 bits per heavy atom. The van der Waals surface area contributed by atoms with Crippen LogP contribution in [-0.4, -0.2) is 0 Å². The van der Waals surface area contributed by atoms with Crippen molar-refractivity contribution in [2.24, 2.45) is 0 Å². The minimum Gasteiger partial charge on any atom is -0.0622 e. The lowest BCUT2D eigenvalue weighted by atomic mass is 10.0. The van der Waals surface area contributed by atoms with Crippen LogP contribution in [0, 0.1) is 0 Å².